The van der Waals surface area contributed by atoms with Crippen LogP contribution in [0.5, 0.6) is 0 Å². The van der Waals surface area contributed by atoms with Gasteiger partial charge in [0.05, 0.1) is 13.1 Å². The first-order valence-electron chi connectivity index (χ1n) is 19.2. The van der Waals surface area contributed by atoms with Crippen molar-refractivity contribution < 1.29 is 38.7 Å². The molecule has 0 spiro atoms. The monoisotopic (exact) mass is 814 g/mol. The smallest absolute Gasteiger partial charge is 0.326 e. The maximum absolute atomic E-state index is 13.9. The van der Waals surface area contributed by atoms with Gasteiger partial charge >= 0.3 is 5.97 Å². The Morgan fingerprint density at radius 3 is 1.23 bits per heavy atom. The quantitative estimate of drug-likeness (QED) is 0.0177. The van der Waals surface area contributed by atoms with Gasteiger partial charge in [-0.15, -0.1) is 0 Å². The number of hydrogen-bond donors (Lipinski definition) is 14. The molecule has 23 heteroatoms. The molecule has 326 valence electrons. The van der Waals surface area contributed by atoms with E-state index in [2.05, 4.69) is 41.9 Å². The lowest BCUT2D eigenvalue weighted by atomic mass is 10.0. The van der Waals surface area contributed by atoms with Crippen LogP contribution in [0.1, 0.15) is 84.5 Å². The summed E-state index contributed by atoms with van der Waals surface area (Å²) in [5.41, 5.74) is 38.3. The second-order valence-electron chi connectivity index (χ2n) is 13.8. The molecule has 0 aromatic rings. The van der Waals surface area contributed by atoms with Crippen molar-refractivity contribution in [1.29, 1.82) is 0 Å². The summed E-state index contributed by atoms with van der Waals surface area (Å²) >= 11 is 0. The average molecular weight is 814 g/mol. The average Bonchev–Trinajstić information content (AvgIpc) is 3.14. The van der Waals surface area contributed by atoms with Gasteiger partial charge < -0.3 is 77.1 Å². The molecule has 0 aliphatic rings. The summed E-state index contributed by atoms with van der Waals surface area (Å²) in [4.78, 5) is 98.8. The third kappa shape index (κ3) is 24.8. The second kappa shape index (κ2) is 29.9. The fraction of sp³-hybridized carbons (Fsp3) is 0.735. The summed E-state index contributed by atoms with van der Waals surface area (Å²) in [5.74, 6) is -5.95. The van der Waals surface area contributed by atoms with Crippen LogP contribution in [0, 0.1) is 5.92 Å². The third-order valence-corrected chi connectivity index (χ3v) is 8.29. The van der Waals surface area contributed by atoms with Crippen LogP contribution in [-0.4, -0.2) is 128 Å². The van der Waals surface area contributed by atoms with Crippen molar-refractivity contribution in [2.75, 3.05) is 39.3 Å². The fourth-order valence-electron chi connectivity index (χ4n) is 5.35. The lowest BCUT2D eigenvalue weighted by molar-refractivity contribution is -0.143. The van der Waals surface area contributed by atoms with Crippen molar-refractivity contribution in [3.8, 4) is 0 Å². The zero-order chi connectivity index (χ0) is 43.3. The zero-order valence-corrected chi connectivity index (χ0v) is 33.2. The first-order valence-corrected chi connectivity index (χ1v) is 19.2. The first kappa shape index (κ1) is 51.7. The molecule has 0 unspecified atom stereocenters. The number of amides is 6. The molecule has 0 saturated heterocycles. The molecule has 57 heavy (non-hydrogen) atoms. The molecule has 0 aromatic heterocycles. The Kier molecular flexibility index (Phi) is 27.1. The van der Waals surface area contributed by atoms with Crippen LogP contribution >= 0.6 is 0 Å². The molecule has 0 radical (unpaired) electrons. The van der Waals surface area contributed by atoms with E-state index in [1.54, 1.807) is 13.8 Å². The maximum atomic E-state index is 13.9. The van der Waals surface area contributed by atoms with E-state index in [1.807, 2.05) is 0 Å². The Morgan fingerprint density at radius 1 is 0.526 bits per heavy atom. The Hall–Kier alpha value is -5.29. The highest BCUT2D eigenvalue weighted by atomic mass is 16.4. The van der Waals surface area contributed by atoms with Gasteiger partial charge in [-0.3, -0.25) is 38.8 Å². The number of nitrogens with zero attached hydrogens (tertiary/aromatic N) is 2. The highest BCUT2D eigenvalue weighted by Crippen LogP contribution is 2.10. The van der Waals surface area contributed by atoms with Gasteiger partial charge in [0.1, 0.15) is 30.2 Å². The summed E-state index contributed by atoms with van der Waals surface area (Å²) in [6.45, 7) is 3.65. The summed E-state index contributed by atoms with van der Waals surface area (Å²) < 4.78 is 0. The van der Waals surface area contributed by atoms with Crippen LogP contribution in [0.25, 0.3) is 0 Å². The van der Waals surface area contributed by atoms with Crippen LogP contribution in [0.3, 0.4) is 0 Å². The molecule has 0 fully saturated rings. The second-order valence-corrected chi connectivity index (χ2v) is 13.8. The van der Waals surface area contributed by atoms with Gasteiger partial charge in [-0.05, 0) is 89.6 Å². The standard InChI is InChI=1S/C34H67N15O8/c1-20(2)17-25(32(56)57)49-31(55)24(12-8-16-43-34(40)41)48-30(54)23(11-7-15-42-33(38)39)47-29(53)22(10-4-6-14-36)46-28(52)21(9-3-5-13-35)45-27(51)19-44-26(50)18-37/h20-25H,3-19,35-37H2,1-2H3,(H,44,50)(H,45,51)(H,46,52)(H,47,53)(H,48,54)(H,49,55)(H,56,57)(H4,38,39,42)(H4,40,41,43)/t21-,22-,23-,24-,25-/m0/s1. The van der Waals surface area contributed by atoms with E-state index in [-0.39, 0.29) is 82.4 Å². The highest BCUT2D eigenvalue weighted by Gasteiger charge is 2.32. The van der Waals surface area contributed by atoms with Gasteiger partial charge in [0.25, 0.3) is 0 Å². The van der Waals surface area contributed by atoms with E-state index in [9.17, 15) is 38.7 Å². The van der Waals surface area contributed by atoms with E-state index >= 15 is 0 Å². The van der Waals surface area contributed by atoms with Crippen LogP contribution in [0.15, 0.2) is 9.98 Å². The number of nitrogens with two attached hydrogens (primary N) is 7. The number of carbonyl (C=O) groups is 7. The molecule has 0 rings (SSSR count). The fourth-order valence-corrected chi connectivity index (χ4v) is 5.35. The summed E-state index contributed by atoms with van der Waals surface area (Å²) in [6, 6.07) is -6.09. The van der Waals surface area contributed by atoms with Crippen molar-refractivity contribution in [1.82, 2.24) is 31.9 Å². The SMILES string of the molecule is CC(C)C[C@H](NC(=O)[C@H](CCCN=C(N)N)NC(=O)[C@H](CCCN=C(N)N)NC(=O)[C@H](CCCCN)NC(=O)[C@H](CCCCN)NC(=O)CNC(=O)CN)C(=O)O. The van der Waals surface area contributed by atoms with E-state index in [0.717, 1.165) is 0 Å². The summed E-state index contributed by atoms with van der Waals surface area (Å²) in [5, 5.41) is 25.1. The van der Waals surface area contributed by atoms with Crippen molar-refractivity contribution in [2.24, 2.45) is 56.0 Å². The number of guanidine groups is 2. The van der Waals surface area contributed by atoms with Crippen molar-refractivity contribution in [2.45, 2.75) is 115 Å². The van der Waals surface area contributed by atoms with E-state index in [1.165, 1.54) is 0 Å². The molecule has 0 aromatic carbocycles. The zero-order valence-electron chi connectivity index (χ0n) is 33.2. The van der Waals surface area contributed by atoms with Crippen LogP contribution in [0.2, 0.25) is 0 Å². The minimum absolute atomic E-state index is 0.00196. The number of carboxylic acid groups (broad SMARTS) is 1. The van der Waals surface area contributed by atoms with Gasteiger partial charge in [-0.2, -0.15) is 0 Å². The molecular weight excluding hydrogens is 746 g/mol. The van der Waals surface area contributed by atoms with E-state index in [4.69, 9.17) is 40.1 Å². The minimum atomic E-state index is -1.29. The molecule has 0 aliphatic carbocycles. The normalized spacial score (nSPS) is 13.4. The van der Waals surface area contributed by atoms with Gasteiger partial charge in [-0.25, -0.2) is 4.79 Å². The molecule has 0 bridgehead atoms. The predicted octanol–water partition coefficient (Wildman–Crippen LogP) is -5.02. The Labute approximate surface area is 333 Å². The number of carboxylic acids is 1. The molecule has 23 nitrogen and oxygen atoms in total. The Morgan fingerprint density at radius 2 is 0.895 bits per heavy atom. The van der Waals surface area contributed by atoms with Crippen LogP contribution in [-0.2, 0) is 33.6 Å². The molecule has 5 atom stereocenters. The van der Waals surface area contributed by atoms with Crippen molar-refractivity contribution in [3.05, 3.63) is 0 Å². The molecular formula is C34H67N15O8. The predicted molar refractivity (Wildman–Crippen MR) is 214 cm³/mol. The van der Waals surface area contributed by atoms with Gasteiger partial charge in [0.2, 0.25) is 35.4 Å². The van der Waals surface area contributed by atoms with E-state index in [0.29, 0.717) is 38.8 Å². The number of unbranched alkanes of at least 4 members (excludes halogenated alkanes) is 2. The van der Waals surface area contributed by atoms with Gasteiger partial charge in [0, 0.05) is 13.1 Å². The maximum Gasteiger partial charge on any atom is 0.326 e. The largest absolute Gasteiger partial charge is 0.480 e. The summed E-state index contributed by atoms with van der Waals surface area (Å²) in [6.07, 6.45) is 2.71. The van der Waals surface area contributed by atoms with Crippen LogP contribution in [0.4, 0.5) is 0 Å². The molecule has 21 N–H and O–H groups in total. The number of aliphatic carboxylic acids is 1. The molecule has 0 aliphatic heterocycles. The van der Waals surface area contributed by atoms with Crippen molar-refractivity contribution in [3.63, 3.8) is 0 Å². The minimum Gasteiger partial charge on any atom is -0.480 e. The van der Waals surface area contributed by atoms with Gasteiger partial charge in [0.15, 0.2) is 11.9 Å². The molecule has 6 amide bonds. The third-order valence-electron chi connectivity index (χ3n) is 8.29. The number of carbonyl (C=O) groups excluding carboxylic acids is 6. The molecule has 0 saturated carbocycles. The summed E-state index contributed by atoms with van der Waals surface area (Å²) in [7, 11) is 0. The highest BCUT2D eigenvalue weighted by molar-refractivity contribution is 5.96. The van der Waals surface area contributed by atoms with Gasteiger partial charge in [-0.1, -0.05) is 13.8 Å². The first-order chi connectivity index (χ1) is 26.9. The lowest BCUT2D eigenvalue weighted by Crippen LogP contribution is -2.59. The number of aliphatic imine (C=N–C) groups is 2. The van der Waals surface area contributed by atoms with Crippen LogP contribution < -0.4 is 72.0 Å². The lowest BCUT2D eigenvalue weighted by Gasteiger charge is -2.27. The Balaban J connectivity index is 6.47. The van der Waals surface area contributed by atoms with E-state index < -0.39 is 78.2 Å². The number of hydrogen-bond acceptors (Lipinski definition) is 12. The molecule has 0 heterocycles. The van der Waals surface area contributed by atoms with Crippen molar-refractivity contribution >= 4 is 53.3 Å². The Bertz CT molecular complexity index is 1340. The number of rotatable bonds is 31. The topological polar surface area (TPSA) is 419 Å². The number of nitrogens with one attached hydrogen (secondary N) is 6.